The molecule has 0 saturated carbocycles. The summed E-state index contributed by atoms with van der Waals surface area (Å²) in [6.07, 6.45) is 0. The molecule has 8 nitrogen and oxygen atoms in total. The number of carboxylic acids is 1. The zero-order valence-electron chi connectivity index (χ0n) is 16.0. The maximum atomic E-state index is 12.4. The van der Waals surface area contributed by atoms with Crippen molar-refractivity contribution in [3.05, 3.63) is 59.9 Å². The van der Waals surface area contributed by atoms with Crippen molar-refractivity contribution in [1.82, 2.24) is 5.32 Å². The number of benzene rings is 2. The predicted molar refractivity (Wildman–Crippen MR) is 104 cm³/mol. The molecule has 2 aromatic carbocycles. The fourth-order valence-electron chi connectivity index (χ4n) is 2.77. The van der Waals surface area contributed by atoms with Crippen molar-refractivity contribution in [1.29, 1.82) is 0 Å². The van der Waals surface area contributed by atoms with Crippen LogP contribution in [0.15, 0.2) is 52.9 Å². The number of methoxy groups -OCH3 is 2. The summed E-state index contributed by atoms with van der Waals surface area (Å²) >= 11 is 0. The van der Waals surface area contributed by atoms with Crippen LogP contribution in [0.3, 0.4) is 0 Å². The van der Waals surface area contributed by atoms with Gasteiger partial charge in [0.25, 0.3) is 5.91 Å². The van der Waals surface area contributed by atoms with E-state index >= 15 is 0 Å². The van der Waals surface area contributed by atoms with Crippen LogP contribution >= 0.6 is 0 Å². The SMILES string of the molecule is COc1ccc2oc(C(=O)NC(COCc3ccccc3OC)C(=O)O)cc2c1. The Bertz CT molecular complexity index is 1010. The van der Waals surface area contributed by atoms with Crippen LogP contribution in [0, 0.1) is 0 Å². The molecule has 3 rings (SSSR count). The van der Waals surface area contributed by atoms with Crippen LogP contribution in [0.1, 0.15) is 16.1 Å². The van der Waals surface area contributed by atoms with Gasteiger partial charge in [-0.25, -0.2) is 4.79 Å². The Balaban J connectivity index is 1.64. The maximum Gasteiger partial charge on any atom is 0.328 e. The summed E-state index contributed by atoms with van der Waals surface area (Å²) in [5, 5.41) is 12.5. The summed E-state index contributed by atoms with van der Waals surface area (Å²) in [4.78, 5) is 24.0. The van der Waals surface area contributed by atoms with Crippen molar-refractivity contribution >= 4 is 22.8 Å². The van der Waals surface area contributed by atoms with Crippen LogP contribution < -0.4 is 14.8 Å². The molecule has 1 heterocycles. The summed E-state index contributed by atoms with van der Waals surface area (Å²) < 4.78 is 21.4. The maximum absolute atomic E-state index is 12.4. The first-order valence-electron chi connectivity index (χ1n) is 8.82. The highest BCUT2D eigenvalue weighted by Crippen LogP contribution is 2.24. The average Bonchev–Trinajstić information content (AvgIpc) is 3.16. The zero-order chi connectivity index (χ0) is 20.8. The van der Waals surface area contributed by atoms with Crippen LogP contribution in [-0.2, 0) is 16.1 Å². The van der Waals surface area contributed by atoms with Gasteiger partial charge in [0.1, 0.15) is 17.1 Å². The van der Waals surface area contributed by atoms with Crippen molar-refractivity contribution in [2.24, 2.45) is 0 Å². The molecule has 1 unspecified atom stereocenters. The van der Waals surface area contributed by atoms with Crippen molar-refractivity contribution in [2.45, 2.75) is 12.6 Å². The van der Waals surface area contributed by atoms with Crippen LogP contribution in [0.2, 0.25) is 0 Å². The summed E-state index contributed by atoms with van der Waals surface area (Å²) in [5.41, 5.74) is 1.27. The lowest BCUT2D eigenvalue weighted by atomic mass is 10.2. The van der Waals surface area contributed by atoms with E-state index in [1.165, 1.54) is 13.2 Å². The first-order valence-corrected chi connectivity index (χ1v) is 8.82. The number of fused-ring (bicyclic) bond motifs is 1. The topological polar surface area (TPSA) is 107 Å². The smallest absolute Gasteiger partial charge is 0.328 e. The number of nitrogens with one attached hydrogen (secondary N) is 1. The van der Waals surface area contributed by atoms with Gasteiger partial charge < -0.3 is 29.1 Å². The molecule has 0 radical (unpaired) electrons. The molecular formula is C21H21NO7. The fourth-order valence-corrected chi connectivity index (χ4v) is 2.77. The van der Waals surface area contributed by atoms with E-state index in [1.807, 2.05) is 18.2 Å². The number of carboxylic acid groups (broad SMARTS) is 1. The largest absolute Gasteiger partial charge is 0.497 e. The molecule has 2 N–H and O–H groups in total. The monoisotopic (exact) mass is 399 g/mol. The molecule has 1 amide bonds. The van der Waals surface area contributed by atoms with Crippen molar-refractivity contribution in [3.63, 3.8) is 0 Å². The van der Waals surface area contributed by atoms with Crippen molar-refractivity contribution in [2.75, 3.05) is 20.8 Å². The number of ether oxygens (including phenoxy) is 3. The third-order valence-electron chi connectivity index (χ3n) is 4.29. The highest BCUT2D eigenvalue weighted by Gasteiger charge is 2.23. The lowest BCUT2D eigenvalue weighted by molar-refractivity contribution is -0.141. The molecule has 29 heavy (non-hydrogen) atoms. The predicted octanol–water partition coefficient (Wildman–Crippen LogP) is 2.85. The molecular weight excluding hydrogens is 378 g/mol. The van der Waals surface area contributed by atoms with Gasteiger partial charge in [-0.3, -0.25) is 4.79 Å². The van der Waals surface area contributed by atoms with E-state index < -0.39 is 17.9 Å². The first kappa shape index (κ1) is 20.2. The van der Waals surface area contributed by atoms with Gasteiger partial charge in [-0.15, -0.1) is 0 Å². The van der Waals surface area contributed by atoms with E-state index in [-0.39, 0.29) is 19.0 Å². The number of rotatable bonds is 9. The van der Waals surface area contributed by atoms with Crippen molar-refractivity contribution in [3.8, 4) is 11.5 Å². The molecule has 1 atom stereocenters. The minimum atomic E-state index is -1.24. The molecule has 0 aliphatic carbocycles. The Kier molecular flexibility index (Phi) is 6.36. The van der Waals surface area contributed by atoms with Gasteiger partial charge in [-0.05, 0) is 30.3 Å². The van der Waals surface area contributed by atoms with E-state index in [4.69, 9.17) is 18.6 Å². The quantitative estimate of drug-likeness (QED) is 0.570. The summed E-state index contributed by atoms with van der Waals surface area (Å²) in [5.74, 6) is -0.589. The highest BCUT2D eigenvalue weighted by atomic mass is 16.5. The standard InChI is InChI=1S/C21H21NO7/c1-26-15-7-8-18-14(9-15)10-19(29-18)20(23)22-16(21(24)25)12-28-11-13-5-3-4-6-17(13)27-2/h3-10,16H,11-12H2,1-2H3,(H,22,23)(H,24,25). The number of carbonyl (C=O) groups is 2. The van der Waals surface area contributed by atoms with Crippen LogP contribution in [-0.4, -0.2) is 43.9 Å². The Morgan fingerprint density at radius 1 is 1.10 bits per heavy atom. The van der Waals surface area contributed by atoms with E-state index in [1.54, 1.807) is 31.4 Å². The summed E-state index contributed by atoms with van der Waals surface area (Å²) in [6, 6.07) is 12.7. The third-order valence-corrected chi connectivity index (χ3v) is 4.29. The molecule has 0 spiro atoms. The van der Waals surface area contributed by atoms with Crippen LogP contribution in [0.5, 0.6) is 11.5 Å². The molecule has 152 valence electrons. The van der Waals surface area contributed by atoms with Gasteiger partial charge in [0, 0.05) is 10.9 Å². The molecule has 8 heteroatoms. The van der Waals surface area contributed by atoms with Crippen LogP contribution in [0.4, 0.5) is 0 Å². The van der Waals surface area contributed by atoms with Gasteiger partial charge in [-0.2, -0.15) is 0 Å². The lowest BCUT2D eigenvalue weighted by Crippen LogP contribution is -2.43. The Morgan fingerprint density at radius 2 is 1.90 bits per heavy atom. The van der Waals surface area contributed by atoms with Gasteiger partial charge >= 0.3 is 5.97 Å². The Hall–Kier alpha value is -3.52. The zero-order valence-corrected chi connectivity index (χ0v) is 16.0. The van der Waals surface area contributed by atoms with E-state index in [0.717, 1.165) is 5.56 Å². The second kappa shape index (κ2) is 9.11. The highest BCUT2D eigenvalue weighted by molar-refractivity contribution is 5.98. The number of carbonyl (C=O) groups excluding carboxylic acids is 1. The van der Waals surface area contributed by atoms with E-state index in [9.17, 15) is 14.7 Å². The number of para-hydroxylation sites is 1. The summed E-state index contributed by atoms with van der Waals surface area (Å²) in [6.45, 7) is -0.0682. The van der Waals surface area contributed by atoms with Gasteiger partial charge in [-0.1, -0.05) is 18.2 Å². The molecule has 3 aromatic rings. The molecule has 0 aliphatic rings. The number of aliphatic carboxylic acids is 1. The molecule has 1 aromatic heterocycles. The first-order chi connectivity index (χ1) is 14.0. The number of hydrogen-bond donors (Lipinski definition) is 2. The number of hydrogen-bond acceptors (Lipinski definition) is 6. The molecule has 0 bridgehead atoms. The molecule has 0 saturated heterocycles. The second-order valence-electron chi connectivity index (χ2n) is 6.21. The van der Waals surface area contributed by atoms with E-state index in [0.29, 0.717) is 22.5 Å². The minimum Gasteiger partial charge on any atom is -0.497 e. The fraction of sp³-hybridized carbons (Fsp3) is 0.238. The van der Waals surface area contributed by atoms with Gasteiger partial charge in [0.15, 0.2) is 11.8 Å². The Morgan fingerprint density at radius 3 is 2.62 bits per heavy atom. The van der Waals surface area contributed by atoms with Gasteiger partial charge in [0.2, 0.25) is 0 Å². The molecule has 0 aliphatic heterocycles. The Labute approximate surface area is 167 Å². The summed E-state index contributed by atoms with van der Waals surface area (Å²) in [7, 11) is 3.08. The number of amides is 1. The van der Waals surface area contributed by atoms with Gasteiger partial charge in [0.05, 0.1) is 27.4 Å². The van der Waals surface area contributed by atoms with Crippen LogP contribution in [0.25, 0.3) is 11.0 Å². The molecule has 0 fully saturated rings. The van der Waals surface area contributed by atoms with E-state index in [2.05, 4.69) is 5.32 Å². The van der Waals surface area contributed by atoms with Crippen molar-refractivity contribution < 1.29 is 33.3 Å². The number of furan rings is 1. The normalized spacial score (nSPS) is 11.8. The average molecular weight is 399 g/mol. The lowest BCUT2D eigenvalue weighted by Gasteiger charge is -2.15. The third kappa shape index (κ3) is 4.85. The second-order valence-corrected chi connectivity index (χ2v) is 6.21. The minimum absolute atomic E-state index is 0.00392.